The molecule has 1 aromatic carbocycles. The van der Waals surface area contributed by atoms with E-state index < -0.39 is 0 Å². The molecule has 4 heterocycles. The van der Waals surface area contributed by atoms with E-state index in [0.717, 1.165) is 68.0 Å². The first-order valence-corrected chi connectivity index (χ1v) is 10.3. The van der Waals surface area contributed by atoms with E-state index in [1.54, 1.807) is 0 Å². The number of piperidine rings is 1. The highest BCUT2D eigenvalue weighted by Gasteiger charge is 2.29. The minimum Gasteiger partial charge on any atom is -0.490 e. The Kier molecular flexibility index (Phi) is 4.51. The molecule has 5 rings (SSSR count). The van der Waals surface area contributed by atoms with Crippen molar-refractivity contribution in [1.82, 2.24) is 20.2 Å². The highest BCUT2D eigenvalue weighted by atomic mass is 16.5. The SMILES string of the molecule is C[C@H]1Cc2cc(C(=O)N3CCC[C@H](c4ncc5c(n4)CCNC5)C3)ccc2O1. The average molecular weight is 378 g/mol. The number of hydrogen-bond acceptors (Lipinski definition) is 5. The van der Waals surface area contributed by atoms with Crippen LogP contribution in [0.1, 0.15) is 58.7 Å². The van der Waals surface area contributed by atoms with Crippen LogP contribution in [-0.4, -0.2) is 46.5 Å². The molecule has 1 aromatic heterocycles. The number of carbonyl (C=O) groups is 1. The van der Waals surface area contributed by atoms with E-state index in [1.165, 1.54) is 11.3 Å². The van der Waals surface area contributed by atoms with Crippen LogP contribution in [0.2, 0.25) is 0 Å². The second-order valence-electron chi connectivity index (χ2n) is 8.17. The smallest absolute Gasteiger partial charge is 0.253 e. The summed E-state index contributed by atoms with van der Waals surface area (Å²) in [5, 5.41) is 3.36. The Bertz CT molecular complexity index is 913. The highest BCUT2D eigenvalue weighted by molar-refractivity contribution is 5.94. The molecular formula is C22H26N4O2. The molecule has 0 unspecified atom stereocenters. The van der Waals surface area contributed by atoms with Crippen LogP contribution >= 0.6 is 0 Å². The summed E-state index contributed by atoms with van der Waals surface area (Å²) in [6, 6.07) is 5.84. The molecule has 6 nitrogen and oxygen atoms in total. The van der Waals surface area contributed by atoms with Gasteiger partial charge in [-0.1, -0.05) is 0 Å². The van der Waals surface area contributed by atoms with E-state index in [2.05, 4.69) is 17.2 Å². The van der Waals surface area contributed by atoms with Gasteiger partial charge in [0.25, 0.3) is 5.91 Å². The Balaban J connectivity index is 1.33. The second kappa shape index (κ2) is 7.17. The maximum atomic E-state index is 13.1. The van der Waals surface area contributed by atoms with Crippen molar-refractivity contribution >= 4 is 5.91 Å². The molecule has 0 bridgehead atoms. The number of aromatic nitrogens is 2. The molecule has 0 radical (unpaired) electrons. The van der Waals surface area contributed by atoms with Gasteiger partial charge in [-0.15, -0.1) is 0 Å². The third kappa shape index (κ3) is 3.26. The summed E-state index contributed by atoms with van der Waals surface area (Å²) in [4.78, 5) is 24.6. The molecule has 2 atom stereocenters. The number of rotatable bonds is 2. The lowest BCUT2D eigenvalue weighted by atomic mass is 9.95. The third-order valence-corrected chi connectivity index (χ3v) is 6.04. The zero-order valence-corrected chi connectivity index (χ0v) is 16.3. The number of nitrogens with one attached hydrogen (secondary N) is 1. The van der Waals surface area contributed by atoms with Crippen LogP contribution < -0.4 is 10.1 Å². The van der Waals surface area contributed by atoms with E-state index >= 15 is 0 Å². The minimum absolute atomic E-state index is 0.106. The van der Waals surface area contributed by atoms with Crippen LogP contribution in [-0.2, 0) is 19.4 Å². The molecule has 0 aliphatic carbocycles. The van der Waals surface area contributed by atoms with Crippen molar-refractivity contribution in [3.8, 4) is 5.75 Å². The van der Waals surface area contributed by atoms with Gasteiger partial charge in [0.05, 0.1) is 0 Å². The fourth-order valence-corrected chi connectivity index (χ4v) is 4.56. The fourth-order valence-electron chi connectivity index (χ4n) is 4.56. The van der Waals surface area contributed by atoms with E-state index in [1.807, 2.05) is 29.3 Å². The Hall–Kier alpha value is -2.47. The number of nitrogens with zero attached hydrogens (tertiary/aromatic N) is 3. The Morgan fingerprint density at radius 1 is 1.32 bits per heavy atom. The number of fused-ring (bicyclic) bond motifs is 2. The largest absolute Gasteiger partial charge is 0.490 e. The quantitative estimate of drug-likeness (QED) is 0.870. The summed E-state index contributed by atoms with van der Waals surface area (Å²) >= 11 is 0. The zero-order valence-electron chi connectivity index (χ0n) is 16.3. The maximum absolute atomic E-state index is 13.1. The molecule has 0 spiro atoms. The van der Waals surface area contributed by atoms with Crippen molar-refractivity contribution in [3.63, 3.8) is 0 Å². The number of hydrogen-bond donors (Lipinski definition) is 1. The van der Waals surface area contributed by atoms with Gasteiger partial charge >= 0.3 is 0 Å². The molecule has 6 heteroatoms. The van der Waals surface area contributed by atoms with Gasteiger partial charge in [0, 0.05) is 68.0 Å². The minimum atomic E-state index is 0.106. The molecule has 0 saturated carbocycles. The first kappa shape index (κ1) is 17.6. The van der Waals surface area contributed by atoms with Gasteiger partial charge in [0.15, 0.2) is 0 Å². The van der Waals surface area contributed by atoms with E-state index in [-0.39, 0.29) is 17.9 Å². The van der Waals surface area contributed by atoms with Gasteiger partial charge in [0.1, 0.15) is 17.7 Å². The molecule has 3 aliphatic rings. The van der Waals surface area contributed by atoms with Crippen molar-refractivity contribution in [2.75, 3.05) is 19.6 Å². The molecule has 2 aromatic rings. The van der Waals surface area contributed by atoms with Crippen molar-refractivity contribution < 1.29 is 9.53 Å². The fraction of sp³-hybridized carbons (Fsp3) is 0.500. The molecule has 3 aliphatic heterocycles. The Morgan fingerprint density at radius 2 is 2.25 bits per heavy atom. The number of carbonyl (C=O) groups excluding carboxylic acids is 1. The van der Waals surface area contributed by atoms with E-state index in [4.69, 9.17) is 9.72 Å². The van der Waals surface area contributed by atoms with Crippen molar-refractivity contribution in [2.24, 2.45) is 0 Å². The molecular weight excluding hydrogens is 352 g/mol. The van der Waals surface area contributed by atoms with Crippen LogP contribution in [0.3, 0.4) is 0 Å². The zero-order chi connectivity index (χ0) is 19.1. The van der Waals surface area contributed by atoms with Crippen LogP contribution in [0.25, 0.3) is 0 Å². The first-order chi connectivity index (χ1) is 13.7. The van der Waals surface area contributed by atoms with Gasteiger partial charge in [-0.2, -0.15) is 0 Å². The highest BCUT2D eigenvalue weighted by Crippen LogP contribution is 2.31. The van der Waals surface area contributed by atoms with Crippen LogP contribution in [0.5, 0.6) is 5.75 Å². The number of benzene rings is 1. The monoisotopic (exact) mass is 378 g/mol. The van der Waals surface area contributed by atoms with Crippen LogP contribution in [0.15, 0.2) is 24.4 Å². The summed E-state index contributed by atoms with van der Waals surface area (Å²) in [5.74, 6) is 2.14. The third-order valence-electron chi connectivity index (χ3n) is 6.04. The van der Waals surface area contributed by atoms with E-state index in [0.29, 0.717) is 6.54 Å². The lowest BCUT2D eigenvalue weighted by molar-refractivity contribution is 0.0704. The lowest BCUT2D eigenvalue weighted by Gasteiger charge is -2.32. The molecule has 1 N–H and O–H groups in total. The van der Waals surface area contributed by atoms with Crippen molar-refractivity contribution in [3.05, 3.63) is 52.6 Å². The molecule has 1 saturated heterocycles. The molecule has 1 amide bonds. The van der Waals surface area contributed by atoms with Gasteiger partial charge in [0.2, 0.25) is 0 Å². The topological polar surface area (TPSA) is 67.4 Å². The van der Waals surface area contributed by atoms with Gasteiger partial charge in [-0.3, -0.25) is 4.79 Å². The number of likely N-dealkylation sites (tertiary alicyclic amines) is 1. The summed E-state index contributed by atoms with van der Waals surface area (Å²) in [7, 11) is 0. The number of ether oxygens (including phenoxy) is 1. The maximum Gasteiger partial charge on any atom is 0.253 e. The summed E-state index contributed by atoms with van der Waals surface area (Å²) in [5.41, 5.74) is 4.27. The predicted molar refractivity (Wildman–Crippen MR) is 106 cm³/mol. The van der Waals surface area contributed by atoms with Crippen molar-refractivity contribution in [2.45, 2.75) is 51.2 Å². The second-order valence-corrected chi connectivity index (χ2v) is 8.17. The summed E-state index contributed by atoms with van der Waals surface area (Å²) in [6.07, 6.45) is 6.01. The van der Waals surface area contributed by atoms with Gasteiger partial charge in [-0.25, -0.2) is 9.97 Å². The average Bonchev–Trinajstić information content (AvgIpc) is 3.12. The summed E-state index contributed by atoms with van der Waals surface area (Å²) < 4.78 is 5.76. The first-order valence-electron chi connectivity index (χ1n) is 10.3. The number of amides is 1. The molecule has 28 heavy (non-hydrogen) atoms. The predicted octanol–water partition coefficient (Wildman–Crippen LogP) is 2.47. The van der Waals surface area contributed by atoms with Gasteiger partial charge in [-0.05, 0) is 43.5 Å². The molecule has 1 fully saturated rings. The van der Waals surface area contributed by atoms with Gasteiger partial charge < -0.3 is 15.0 Å². The van der Waals surface area contributed by atoms with Crippen molar-refractivity contribution in [1.29, 1.82) is 0 Å². The normalized spacial score (nSPS) is 23.7. The van der Waals surface area contributed by atoms with Crippen LogP contribution in [0, 0.1) is 0 Å². The molecule has 146 valence electrons. The summed E-state index contributed by atoms with van der Waals surface area (Å²) in [6.45, 7) is 5.38. The van der Waals surface area contributed by atoms with Crippen LogP contribution in [0.4, 0.5) is 0 Å². The Morgan fingerprint density at radius 3 is 3.18 bits per heavy atom. The lowest BCUT2D eigenvalue weighted by Crippen LogP contribution is -2.39. The standard InChI is InChI=1S/C22H26N4O2/c1-14-9-17-10-15(4-5-20(17)28-14)22(27)26-8-2-3-16(13-26)21-24-12-18-11-23-7-6-19(18)25-21/h4-5,10,12,14,16,23H,2-3,6-9,11,13H2,1H3/t14-,16-/m0/s1. The van der Waals surface area contributed by atoms with E-state index in [9.17, 15) is 4.79 Å². The Labute approximate surface area is 165 Å².